The van der Waals surface area contributed by atoms with Crippen LogP contribution in [0.3, 0.4) is 0 Å². The SMILES string of the molecule is N[C@@H](Cc1c[nH]c2ccccc12)C(=O)N[C@H]1CC/C=N/CCCCNC(=O)CNC(=O)[C@@H](Cc2ccccc2)NC(=O)CNC1=O. The summed E-state index contributed by atoms with van der Waals surface area (Å²) in [6.45, 7) is 0.298. The number of amides is 5. The summed E-state index contributed by atoms with van der Waals surface area (Å²) in [6, 6.07) is 14.0. The van der Waals surface area contributed by atoms with Gasteiger partial charge in [-0.15, -0.1) is 0 Å². The molecule has 0 unspecified atom stereocenters. The van der Waals surface area contributed by atoms with E-state index in [4.69, 9.17) is 5.73 Å². The lowest BCUT2D eigenvalue weighted by molar-refractivity contribution is -0.132. The quantitative estimate of drug-likeness (QED) is 0.203. The number of benzene rings is 2. The van der Waals surface area contributed by atoms with E-state index in [1.54, 1.807) is 6.21 Å². The smallest absolute Gasteiger partial charge is 0.243 e. The summed E-state index contributed by atoms with van der Waals surface area (Å²) in [4.78, 5) is 72.1. The molecule has 2 heterocycles. The number of hydrogen-bond acceptors (Lipinski definition) is 7. The third kappa shape index (κ3) is 10.5. The molecule has 3 atom stereocenters. The summed E-state index contributed by atoms with van der Waals surface area (Å²) < 4.78 is 0. The molecule has 3 aromatic rings. The highest BCUT2D eigenvalue weighted by atomic mass is 16.2. The number of nitrogens with two attached hydrogens (primary N) is 1. The largest absolute Gasteiger partial charge is 0.361 e. The van der Waals surface area contributed by atoms with E-state index in [2.05, 4.69) is 36.6 Å². The Kier molecular flexibility index (Phi) is 12.8. The zero-order chi connectivity index (χ0) is 32.7. The maximum Gasteiger partial charge on any atom is 0.243 e. The summed E-state index contributed by atoms with van der Waals surface area (Å²) in [7, 11) is 0. The first kappa shape index (κ1) is 33.8. The van der Waals surface area contributed by atoms with Crippen molar-refractivity contribution in [3.63, 3.8) is 0 Å². The fraction of sp³-hybridized carbons (Fsp3) is 0.394. The predicted octanol–water partition coefficient (Wildman–Crippen LogP) is 0.243. The Morgan fingerprint density at radius 1 is 0.913 bits per heavy atom. The first-order chi connectivity index (χ1) is 22.3. The van der Waals surface area contributed by atoms with Gasteiger partial charge in [-0.3, -0.25) is 29.0 Å². The summed E-state index contributed by atoms with van der Waals surface area (Å²) in [5, 5.41) is 14.3. The Hall–Kier alpha value is -5.04. The lowest BCUT2D eigenvalue weighted by Crippen LogP contribution is -2.55. The molecular formula is C33H42N8O5. The Bertz CT molecular complexity index is 1520. The van der Waals surface area contributed by atoms with Crippen LogP contribution in [0.15, 0.2) is 65.8 Å². The van der Waals surface area contributed by atoms with Crippen molar-refractivity contribution in [1.82, 2.24) is 31.6 Å². The third-order valence-corrected chi connectivity index (χ3v) is 7.61. The van der Waals surface area contributed by atoms with Crippen LogP contribution in [0.25, 0.3) is 10.9 Å². The zero-order valence-electron chi connectivity index (χ0n) is 25.7. The fourth-order valence-corrected chi connectivity index (χ4v) is 5.11. The Morgan fingerprint density at radius 2 is 1.65 bits per heavy atom. The van der Waals surface area contributed by atoms with Gasteiger partial charge in [0.1, 0.15) is 12.1 Å². The fourth-order valence-electron chi connectivity index (χ4n) is 5.11. The standard InChI is InChI=1S/C33H42N8O5/c34-25(18-23-19-37-26-12-5-4-11-24(23)26)31(44)41-27-13-8-15-35-14-6-7-16-36-29(42)20-38-33(46)28(17-22-9-2-1-3-10-22)40-30(43)21-39-32(27)45/h1-5,9-12,15,19,25,27-28,37H,6-8,13-14,16-18,20-21,34H2,(H,36,42)(H,38,46)(H,39,45)(H,40,43)(H,41,44)/b35-15+/t25-,27-,28+/m0/s1. The minimum atomic E-state index is -0.987. The second-order valence-electron chi connectivity index (χ2n) is 11.2. The Morgan fingerprint density at radius 3 is 2.48 bits per heavy atom. The highest BCUT2D eigenvalue weighted by Crippen LogP contribution is 2.19. The number of fused-ring (bicyclic) bond motifs is 1. The van der Waals surface area contributed by atoms with Gasteiger partial charge in [-0.05, 0) is 55.5 Å². The number of nitrogens with zero attached hydrogens (tertiary/aromatic N) is 1. The van der Waals surface area contributed by atoms with Crippen molar-refractivity contribution in [3.8, 4) is 0 Å². The van der Waals surface area contributed by atoms with E-state index < -0.39 is 48.3 Å². The molecule has 0 spiro atoms. The second kappa shape index (κ2) is 17.4. The minimum Gasteiger partial charge on any atom is -0.361 e. The number of rotatable bonds is 6. The van der Waals surface area contributed by atoms with E-state index in [0.717, 1.165) is 28.5 Å². The van der Waals surface area contributed by atoms with Crippen LogP contribution in [0.4, 0.5) is 0 Å². The molecule has 8 N–H and O–H groups in total. The molecule has 1 aliphatic heterocycles. The summed E-state index contributed by atoms with van der Waals surface area (Å²) in [5.74, 6) is -2.53. The molecule has 244 valence electrons. The number of carbonyl (C=O) groups excluding carboxylic acids is 5. The minimum absolute atomic E-state index is 0.181. The van der Waals surface area contributed by atoms with Crippen LogP contribution in [-0.4, -0.2) is 85.0 Å². The Labute approximate surface area is 267 Å². The predicted molar refractivity (Wildman–Crippen MR) is 175 cm³/mol. The molecule has 0 saturated heterocycles. The Balaban J connectivity index is 1.42. The van der Waals surface area contributed by atoms with Crippen LogP contribution >= 0.6 is 0 Å². The van der Waals surface area contributed by atoms with Gasteiger partial charge in [-0.25, -0.2) is 0 Å². The molecule has 0 aliphatic carbocycles. The lowest BCUT2D eigenvalue weighted by Gasteiger charge is -2.21. The van der Waals surface area contributed by atoms with Gasteiger partial charge in [-0.2, -0.15) is 0 Å². The van der Waals surface area contributed by atoms with Crippen LogP contribution in [0.5, 0.6) is 0 Å². The van der Waals surface area contributed by atoms with Crippen molar-refractivity contribution in [1.29, 1.82) is 0 Å². The number of H-pyrrole nitrogens is 1. The van der Waals surface area contributed by atoms with Gasteiger partial charge in [0.15, 0.2) is 0 Å². The molecule has 4 rings (SSSR count). The van der Waals surface area contributed by atoms with Gasteiger partial charge in [0.2, 0.25) is 29.5 Å². The van der Waals surface area contributed by atoms with Gasteiger partial charge < -0.3 is 37.3 Å². The molecular weight excluding hydrogens is 588 g/mol. The van der Waals surface area contributed by atoms with Gasteiger partial charge >= 0.3 is 0 Å². The van der Waals surface area contributed by atoms with Crippen molar-refractivity contribution >= 4 is 46.7 Å². The normalized spacial score (nSPS) is 20.8. The first-order valence-corrected chi connectivity index (χ1v) is 15.5. The number of aromatic amines is 1. The molecule has 0 radical (unpaired) electrons. The average Bonchev–Trinajstić information content (AvgIpc) is 3.46. The number of hydrogen-bond donors (Lipinski definition) is 7. The van der Waals surface area contributed by atoms with Crippen molar-refractivity contribution < 1.29 is 24.0 Å². The highest BCUT2D eigenvalue weighted by Gasteiger charge is 2.26. The maximum atomic E-state index is 13.2. The third-order valence-electron chi connectivity index (χ3n) is 7.61. The van der Waals surface area contributed by atoms with Crippen molar-refractivity contribution in [2.45, 2.75) is 56.7 Å². The maximum absolute atomic E-state index is 13.2. The topological polar surface area (TPSA) is 200 Å². The molecule has 0 bridgehead atoms. The molecule has 1 aliphatic rings. The van der Waals surface area contributed by atoms with Gasteiger partial charge in [-0.1, -0.05) is 48.5 Å². The van der Waals surface area contributed by atoms with E-state index >= 15 is 0 Å². The zero-order valence-corrected chi connectivity index (χ0v) is 25.7. The van der Waals surface area contributed by atoms with Crippen molar-refractivity contribution in [2.75, 3.05) is 26.2 Å². The second-order valence-corrected chi connectivity index (χ2v) is 11.2. The highest BCUT2D eigenvalue weighted by molar-refractivity contribution is 5.94. The van der Waals surface area contributed by atoms with E-state index in [9.17, 15) is 24.0 Å². The number of carbonyl (C=O) groups is 5. The molecule has 0 fully saturated rings. The number of aromatic nitrogens is 1. The molecule has 1 aromatic heterocycles. The molecule has 13 heteroatoms. The average molecular weight is 631 g/mol. The lowest BCUT2D eigenvalue weighted by atomic mass is 10.0. The van der Waals surface area contributed by atoms with Crippen LogP contribution in [0.2, 0.25) is 0 Å². The van der Waals surface area contributed by atoms with Crippen molar-refractivity contribution in [3.05, 3.63) is 71.9 Å². The van der Waals surface area contributed by atoms with E-state index in [0.29, 0.717) is 25.9 Å². The van der Waals surface area contributed by atoms with Crippen molar-refractivity contribution in [2.24, 2.45) is 10.7 Å². The van der Waals surface area contributed by atoms with Crippen LogP contribution in [-0.2, 0) is 36.8 Å². The van der Waals surface area contributed by atoms with Gasteiger partial charge in [0.05, 0.1) is 19.1 Å². The van der Waals surface area contributed by atoms with Crippen LogP contribution < -0.4 is 32.3 Å². The number of para-hydroxylation sites is 1. The van der Waals surface area contributed by atoms with E-state index in [1.165, 1.54) is 0 Å². The van der Waals surface area contributed by atoms with E-state index in [-0.39, 0.29) is 31.7 Å². The van der Waals surface area contributed by atoms with Gasteiger partial charge in [0, 0.05) is 36.6 Å². The molecule has 13 nitrogen and oxygen atoms in total. The molecule has 5 amide bonds. The summed E-state index contributed by atoms with van der Waals surface area (Å²) in [6.07, 6.45) is 6.02. The monoisotopic (exact) mass is 630 g/mol. The summed E-state index contributed by atoms with van der Waals surface area (Å²) >= 11 is 0. The van der Waals surface area contributed by atoms with Gasteiger partial charge in [0.25, 0.3) is 0 Å². The molecule has 46 heavy (non-hydrogen) atoms. The van der Waals surface area contributed by atoms with Crippen LogP contribution in [0, 0.1) is 0 Å². The molecule has 0 saturated carbocycles. The van der Waals surface area contributed by atoms with Crippen LogP contribution in [0.1, 0.15) is 36.8 Å². The summed E-state index contributed by atoms with van der Waals surface area (Å²) in [5.41, 5.74) is 8.89. The number of aliphatic imine (C=N–C) groups is 1. The number of nitrogens with one attached hydrogen (secondary N) is 6. The van der Waals surface area contributed by atoms with E-state index in [1.807, 2.05) is 60.8 Å². The first-order valence-electron chi connectivity index (χ1n) is 15.5. The molecule has 2 aromatic carbocycles.